The summed E-state index contributed by atoms with van der Waals surface area (Å²) < 4.78 is 16.8. The Morgan fingerprint density at radius 3 is 2.82 bits per heavy atom. The summed E-state index contributed by atoms with van der Waals surface area (Å²) in [5, 5.41) is 0. The van der Waals surface area contributed by atoms with Crippen LogP contribution in [0.5, 0.6) is 5.75 Å². The Kier molecular flexibility index (Phi) is 4.64. The molecule has 2 fully saturated rings. The van der Waals surface area contributed by atoms with Crippen molar-refractivity contribution in [3.05, 3.63) is 29.8 Å². The number of carbonyl (C=O) groups excluding carboxylic acids is 1. The van der Waals surface area contributed by atoms with Crippen LogP contribution in [0.15, 0.2) is 24.3 Å². The number of nitrogens with zero attached hydrogens (tertiary/aromatic N) is 1. The van der Waals surface area contributed by atoms with Gasteiger partial charge in [-0.3, -0.25) is 4.79 Å². The molecule has 5 nitrogen and oxygen atoms in total. The van der Waals surface area contributed by atoms with Crippen LogP contribution in [0.4, 0.5) is 0 Å². The second kappa shape index (κ2) is 6.67. The van der Waals surface area contributed by atoms with Crippen molar-refractivity contribution >= 4 is 5.91 Å². The van der Waals surface area contributed by atoms with E-state index in [-0.39, 0.29) is 24.2 Å². The van der Waals surface area contributed by atoms with E-state index >= 15 is 0 Å². The van der Waals surface area contributed by atoms with Gasteiger partial charge in [-0.2, -0.15) is 0 Å². The van der Waals surface area contributed by atoms with Crippen molar-refractivity contribution in [1.29, 1.82) is 0 Å². The van der Waals surface area contributed by atoms with Crippen LogP contribution < -0.4 is 4.74 Å². The molecule has 0 spiro atoms. The molecule has 0 saturated carbocycles. The number of methoxy groups -OCH3 is 1. The Balaban J connectivity index is 1.78. The minimum Gasteiger partial charge on any atom is -0.497 e. The number of ether oxygens (including phenoxy) is 3. The van der Waals surface area contributed by atoms with Gasteiger partial charge >= 0.3 is 0 Å². The first-order valence-electron chi connectivity index (χ1n) is 7.92. The van der Waals surface area contributed by atoms with Crippen LogP contribution in [0.2, 0.25) is 0 Å². The Bertz CT molecular complexity index is 516. The summed E-state index contributed by atoms with van der Waals surface area (Å²) in [5.74, 6) is 0.800. The molecular formula is C17H23NO4. The minimum atomic E-state index is -0.0162. The summed E-state index contributed by atoms with van der Waals surface area (Å²) in [4.78, 5) is 14.7. The zero-order valence-corrected chi connectivity index (χ0v) is 13.2. The molecule has 0 unspecified atom stereocenters. The molecule has 22 heavy (non-hydrogen) atoms. The number of hydrogen-bond donors (Lipinski definition) is 0. The van der Waals surface area contributed by atoms with E-state index in [0.29, 0.717) is 18.7 Å². The highest BCUT2D eigenvalue weighted by atomic mass is 16.5. The molecule has 3 rings (SSSR count). The number of amides is 1. The molecule has 1 aromatic carbocycles. The Morgan fingerprint density at radius 1 is 1.36 bits per heavy atom. The van der Waals surface area contributed by atoms with Gasteiger partial charge in [0.25, 0.3) is 5.91 Å². The van der Waals surface area contributed by atoms with Gasteiger partial charge < -0.3 is 19.1 Å². The fraction of sp³-hybridized carbons (Fsp3) is 0.588. The number of likely N-dealkylation sites (tertiary alicyclic amines) is 1. The molecule has 0 aliphatic carbocycles. The second-order valence-corrected chi connectivity index (χ2v) is 5.72. The van der Waals surface area contributed by atoms with Crippen LogP contribution in [-0.2, 0) is 9.47 Å². The fourth-order valence-electron chi connectivity index (χ4n) is 3.40. The van der Waals surface area contributed by atoms with E-state index in [1.54, 1.807) is 7.11 Å². The summed E-state index contributed by atoms with van der Waals surface area (Å²) in [6.07, 6.45) is 1.97. The van der Waals surface area contributed by atoms with Crippen LogP contribution in [0, 0.1) is 0 Å². The SMILES string of the molecule is CCO[C@@H]1CN(C(=O)c2ccc(OC)cc2)[C@H]2CCCO[C@@H]12. The predicted molar refractivity (Wildman–Crippen MR) is 82.2 cm³/mol. The van der Waals surface area contributed by atoms with Crippen LogP contribution in [-0.4, -0.2) is 55.9 Å². The quantitative estimate of drug-likeness (QED) is 0.855. The fourth-order valence-corrected chi connectivity index (χ4v) is 3.40. The van der Waals surface area contributed by atoms with Crippen molar-refractivity contribution in [2.45, 2.75) is 38.0 Å². The Morgan fingerprint density at radius 2 is 2.14 bits per heavy atom. The van der Waals surface area contributed by atoms with Gasteiger partial charge in [-0.05, 0) is 44.0 Å². The lowest BCUT2D eigenvalue weighted by molar-refractivity contribution is -0.0737. The average Bonchev–Trinajstić information content (AvgIpc) is 2.94. The van der Waals surface area contributed by atoms with Crippen molar-refractivity contribution in [2.24, 2.45) is 0 Å². The zero-order chi connectivity index (χ0) is 15.5. The first-order chi connectivity index (χ1) is 10.7. The molecule has 2 aliphatic heterocycles. The highest BCUT2D eigenvalue weighted by Crippen LogP contribution is 2.32. The molecule has 2 saturated heterocycles. The monoisotopic (exact) mass is 305 g/mol. The maximum Gasteiger partial charge on any atom is 0.254 e. The van der Waals surface area contributed by atoms with Crippen molar-refractivity contribution < 1.29 is 19.0 Å². The lowest BCUT2D eigenvalue weighted by Crippen LogP contribution is -2.43. The highest BCUT2D eigenvalue weighted by molar-refractivity contribution is 5.94. The van der Waals surface area contributed by atoms with E-state index in [1.807, 2.05) is 36.1 Å². The van der Waals surface area contributed by atoms with Crippen LogP contribution in [0.3, 0.4) is 0 Å². The third-order valence-corrected chi connectivity index (χ3v) is 4.46. The van der Waals surface area contributed by atoms with Gasteiger partial charge in [0.05, 0.1) is 19.7 Å². The van der Waals surface area contributed by atoms with E-state index < -0.39 is 0 Å². The third-order valence-electron chi connectivity index (χ3n) is 4.46. The van der Waals surface area contributed by atoms with Gasteiger partial charge in [0.15, 0.2) is 0 Å². The van der Waals surface area contributed by atoms with E-state index in [1.165, 1.54) is 0 Å². The van der Waals surface area contributed by atoms with Crippen molar-refractivity contribution in [2.75, 3.05) is 26.9 Å². The molecule has 0 radical (unpaired) electrons. The molecule has 0 aromatic heterocycles. The highest BCUT2D eigenvalue weighted by Gasteiger charge is 2.46. The summed E-state index contributed by atoms with van der Waals surface area (Å²) in [5.41, 5.74) is 0.683. The van der Waals surface area contributed by atoms with Gasteiger partial charge in [-0.1, -0.05) is 0 Å². The maximum atomic E-state index is 12.8. The molecule has 120 valence electrons. The third kappa shape index (κ3) is 2.83. The molecule has 2 aliphatic rings. The van der Waals surface area contributed by atoms with Crippen molar-refractivity contribution in [3.8, 4) is 5.75 Å². The standard InChI is InChI=1S/C17H23NO4/c1-3-21-15-11-18(14-5-4-10-22-16(14)15)17(19)12-6-8-13(20-2)9-7-12/h6-9,14-16H,3-5,10-11H2,1-2H3/t14-,15+,16+/m0/s1. The summed E-state index contributed by atoms with van der Waals surface area (Å²) in [7, 11) is 1.62. The van der Waals surface area contributed by atoms with Gasteiger partial charge in [0.2, 0.25) is 0 Å². The second-order valence-electron chi connectivity index (χ2n) is 5.72. The number of carbonyl (C=O) groups is 1. The molecule has 0 N–H and O–H groups in total. The van der Waals surface area contributed by atoms with Gasteiger partial charge in [0, 0.05) is 18.8 Å². The minimum absolute atomic E-state index is 0.0101. The molecular weight excluding hydrogens is 282 g/mol. The topological polar surface area (TPSA) is 48.0 Å². The zero-order valence-electron chi connectivity index (χ0n) is 13.2. The van der Waals surface area contributed by atoms with E-state index in [9.17, 15) is 4.79 Å². The Hall–Kier alpha value is -1.59. The predicted octanol–water partition coefficient (Wildman–Crippen LogP) is 2.10. The normalized spacial score (nSPS) is 27.5. The van der Waals surface area contributed by atoms with Gasteiger partial charge in [-0.15, -0.1) is 0 Å². The number of fused-ring (bicyclic) bond motifs is 1. The molecule has 3 atom stereocenters. The van der Waals surface area contributed by atoms with Gasteiger partial charge in [0.1, 0.15) is 18.0 Å². The number of hydrogen-bond acceptors (Lipinski definition) is 4. The molecule has 1 amide bonds. The first kappa shape index (κ1) is 15.3. The van der Waals surface area contributed by atoms with Crippen molar-refractivity contribution in [1.82, 2.24) is 4.90 Å². The summed E-state index contributed by atoms with van der Waals surface area (Å²) in [6.45, 7) is 3.98. The smallest absolute Gasteiger partial charge is 0.254 e. The molecule has 0 bridgehead atoms. The molecule has 2 heterocycles. The average molecular weight is 305 g/mol. The van der Waals surface area contributed by atoms with E-state index in [0.717, 1.165) is 25.2 Å². The maximum absolute atomic E-state index is 12.8. The van der Waals surface area contributed by atoms with E-state index in [2.05, 4.69) is 0 Å². The van der Waals surface area contributed by atoms with Crippen LogP contribution >= 0.6 is 0 Å². The van der Waals surface area contributed by atoms with Crippen molar-refractivity contribution in [3.63, 3.8) is 0 Å². The lowest BCUT2D eigenvalue weighted by atomic mass is 10.0. The summed E-state index contributed by atoms with van der Waals surface area (Å²) in [6, 6.07) is 7.39. The van der Waals surface area contributed by atoms with Crippen LogP contribution in [0.1, 0.15) is 30.1 Å². The largest absolute Gasteiger partial charge is 0.497 e. The molecule has 1 aromatic rings. The molecule has 5 heteroatoms. The summed E-state index contributed by atoms with van der Waals surface area (Å²) >= 11 is 0. The number of benzene rings is 1. The lowest BCUT2D eigenvalue weighted by Gasteiger charge is -2.32. The first-order valence-corrected chi connectivity index (χ1v) is 7.92. The van der Waals surface area contributed by atoms with Gasteiger partial charge in [-0.25, -0.2) is 0 Å². The van der Waals surface area contributed by atoms with E-state index in [4.69, 9.17) is 14.2 Å². The number of rotatable bonds is 4. The Labute approximate surface area is 131 Å². The van der Waals surface area contributed by atoms with Crippen LogP contribution in [0.25, 0.3) is 0 Å².